The van der Waals surface area contributed by atoms with Crippen LogP contribution in [0.5, 0.6) is 0 Å². The molecule has 18 aromatic rings. The fourth-order valence-electron chi connectivity index (χ4n) is 24.0. The van der Waals surface area contributed by atoms with E-state index in [4.69, 9.17) is 0 Å². The average Bonchev–Trinajstić information content (AvgIpc) is 1.65. The van der Waals surface area contributed by atoms with Crippen molar-refractivity contribution in [2.24, 2.45) is 0 Å². The first-order chi connectivity index (χ1) is 68.9. The normalized spacial score (nSPS) is 14.3. The number of rotatable bonds is 18. The van der Waals surface area contributed by atoms with Gasteiger partial charge in [0.1, 0.15) is 0 Å². The molecule has 4 heteroatoms. The molecule has 0 fully saturated rings. The zero-order valence-corrected chi connectivity index (χ0v) is 87.3. The Hall–Kier alpha value is -14.8. The summed E-state index contributed by atoms with van der Waals surface area (Å²) in [7, 11) is 0. The van der Waals surface area contributed by atoms with Gasteiger partial charge >= 0.3 is 0 Å². The molecule has 5 aliphatic rings. The molecule has 0 aromatic heterocycles. The zero-order valence-electron chi connectivity index (χ0n) is 87.3. The maximum absolute atomic E-state index is 2.66. The lowest BCUT2D eigenvalue weighted by Gasteiger charge is -2.47. The summed E-state index contributed by atoms with van der Waals surface area (Å²) in [6.07, 6.45) is 6.88. The van der Waals surface area contributed by atoms with E-state index in [0.717, 1.165) is 35.6 Å². The molecule has 143 heavy (non-hydrogen) atoms. The Morgan fingerprint density at radius 1 is 0.189 bits per heavy atom. The molecule has 0 spiro atoms. The molecule has 18 aromatic carbocycles. The summed E-state index contributed by atoms with van der Waals surface area (Å²) in [6.45, 7) is 45.2. The molecule has 0 radical (unpaired) electrons. The number of unbranched alkanes of at least 4 members (excludes halogenated alkanes) is 2. The van der Waals surface area contributed by atoms with Crippen molar-refractivity contribution in [3.63, 3.8) is 0 Å². The van der Waals surface area contributed by atoms with Crippen molar-refractivity contribution >= 4 is 68.2 Å². The van der Waals surface area contributed by atoms with Crippen LogP contribution >= 0.6 is 0 Å². The number of fused-ring (bicyclic) bond motifs is 13. The Kier molecular flexibility index (Phi) is 24.6. The maximum atomic E-state index is 2.66. The molecule has 2 heterocycles. The van der Waals surface area contributed by atoms with E-state index in [1.54, 1.807) is 0 Å². The minimum Gasteiger partial charge on any atom is -0.310 e. The minimum atomic E-state index is -0.671. The molecular weight excluding hydrogens is 1730 g/mol. The summed E-state index contributed by atoms with van der Waals surface area (Å²) in [6, 6.07) is 145. The van der Waals surface area contributed by atoms with Crippen LogP contribution in [0, 0.1) is 83.1 Å². The van der Waals surface area contributed by atoms with Gasteiger partial charge in [-0.05, 0) is 365 Å². The van der Waals surface area contributed by atoms with Crippen molar-refractivity contribution in [3.05, 3.63) is 532 Å². The third-order valence-corrected chi connectivity index (χ3v) is 32.1. The minimum absolute atomic E-state index is 0.142. The van der Waals surface area contributed by atoms with Gasteiger partial charge in [-0.1, -0.05) is 378 Å². The Morgan fingerprint density at radius 2 is 0.406 bits per heavy atom. The SMILES string of the molecule is CCCCc1ccc(N2c3ccc(C)cc3C(c3ccc(C)cc3)(c3ccc(C)cc3)c3cc4c(cc32)C(C)(C)c2cc3c(cc2-4)C(c2ccc(C)cc2)(c2ccc(C)cc2)c2cc(C)ccc2N3c2ccc(CCCC)cc2)cc1.Cc1ccc(N(c2ccc(C)cc2)c2ccc3c(c2)C(C)(C)c2cc(N(c4ccc(C)cc4)c4ccc(C)cc4)ccc2-3)cc1.Cc1ccc2c(c1)C(C)(C)c1cc(C)ccc1-2. The molecule has 2 aliphatic heterocycles. The quantitative estimate of drug-likeness (QED) is 0.0849. The highest BCUT2D eigenvalue weighted by Gasteiger charge is 2.53. The van der Waals surface area contributed by atoms with Crippen molar-refractivity contribution in [1.29, 1.82) is 0 Å². The lowest BCUT2D eigenvalue weighted by atomic mass is 9.61. The van der Waals surface area contributed by atoms with Crippen LogP contribution in [0.15, 0.2) is 376 Å². The largest absolute Gasteiger partial charge is 0.310 e. The monoisotopic (exact) mass is 1860 g/mol. The molecule has 0 amide bonds. The Balaban J connectivity index is 0.000000161. The first-order valence-corrected chi connectivity index (χ1v) is 52.0. The van der Waals surface area contributed by atoms with Gasteiger partial charge in [-0.2, -0.15) is 0 Å². The molecule has 0 unspecified atom stereocenters. The van der Waals surface area contributed by atoms with Crippen LogP contribution in [0.3, 0.4) is 0 Å². The van der Waals surface area contributed by atoms with Gasteiger partial charge < -0.3 is 19.6 Å². The van der Waals surface area contributed by atoms with E-state index in [-0.39, 0.29) is 16.2 Å². The Labute approximate surface area is 851 Å². The van der Waals surface area contributed by atoms with Gasteiger partial charge in [0.25, 0.3) is 0 Å². The number of hydrogen-bond acceptors (Lipinski definition) is 4. The predicted octanol–water partition coefficient (Wildman–Crippen LogP) is 37.6. The summed E-state index contributed by atoms with van der Waals surface area (Å²) in [5, 5.41) is 0. The molecule has 0 atom stereocenters. The van der Waals surface area contributed by atoms with Gasteiger partial charge in [-0.3, -0.25) is 0 Å². The highest BCUT2D eigenvalue weighted by molar-refractivity contribution is 5.99. The third kappa shape index (κ3) is 16.5. The molecule has 0 saturated carbocycles. The highest BCUT2D eigenvalue weighted by Crippen LogP contribution is 2.66. The third-order valence-electron chi connectivity index (χ3n) is 32.1. The Morgan fingerprint density at radius 3 is 0.678 bits per heavy atom. The second-order valence-electron chi connectivity index (χ2n) is 43.5. The van der Waals surface area contributed by atoms with Crippen molar-refractivity contribution in [3.8, 4) is 33.4 Å². The zero-order chi connectivity index (χ0) is 99.5. The summed E-state index contributed by atoms with van der Waals surface area (Å²) >= 11 is 0. The van der Waals surface area contributed by atoms with Gasteiger partial charge in [0, 0.05) is 61.7 Å². The highest BCUT2D eigenvalue weighted by atomic mass is 15.2. The number of aryl methyl sites for hydroxylation is 14. The molecular formula is C139H134N4. The van der Waals surface area contributed by atoms with Crippen molar-refractivity contribution < 1.29 is 0 Å². The van der Waals surface area contributed by atoms with Crippen LogP contribution in [-0.2, 0) is 39.9 Å². The molecule has 23 rings (SSSR count). The lowest BCUT2D eigenvalue weighted by molar-refractivity contribution is 0.656. The second-order valence-corrected chi connectivity index (χ2v) is 43.5. The topological polar surface area (TPSA) is 13.0 Å². The van der Waals surface area contributed by atoms with Crippen LogP contribution in [0.25, 0.3) is 33.4 Å². The van der Waals surface area contributed by atoms with Gasteiger partial charge in [0.15, 0.2) is 0 Å². The summed E-state index contributed by atoms with van der Waals surface area (Å²) in [4.78, 5) is 9.95. The average molecular weight is 1860 g/mol. The standard InChI is InChI=1S/C79H76N2.C43H40N2.C17H18/c1-11-13-15-57-27-39-63(40-28-57)80-73-43-25-55(7)45-69(73)78(59-31-17-51(3)18-32-59,60-33-19-52(4)20-34-60)71-47-65-66-48-72-76(50-68(66)77(9,10)67(65)49-75(71)80)81(64-41-29-58(30-42-64)16-14-12-2)74-44-26-56(8)46-70(74)79(72,61-35-21-53(5)22-36-61)62-37-23-54(6)24-38-62;1-29-7-15-33(16-8-29)44(34-17-9-30(2)10-18-34)37-23-25-39-40-26-24-38(28-42(40)43(5,6)41(39)27-37)45(35-19-11-31(3)12-20-35)36-21-13-32(4)14-22-36;1-11-5-7-13-14-8-6-12(2)10-16(14)17(3,4)15(13)9-11/h17-50H,11-16H2,1-10H3;7-28H,1-6H3;5-10H,1-4H3. The molecule has 0 N–H and O–H groups in total. The first-order valence-electron chi connectivity index (χ1n) is 52.0. The van der Waals surface area contributed by atoms with E-state index in [9.17, 15) is 0 Å². The molecule has 0 bridgehead atoms. The number of hydrogen-bond donors (Lipinski definition) is 0. The van der Waals surface area contributed by atoms with E-state index in [1.807, 2.05) is 0 Å². The second kappa shape index (κ2) is 37.2. The van der Waals surface area contributed by atoms with E-state index in [2.05, 4.69) is 534 Å². The van der Waals surface area contributed by atoms with Crippen LogP contribution in [0.4, 0.5) is 68.2 Å². The molecule has 3 aliphatic carbocycles. The first kappa shape index (κ1) is 94.4. The number of nitrogens with zero attached hydrogens (tertiary/aromatic N) is 4. The maximum Gasteiger partial charge on any atom is 0.0742 e. The van der Waals surface area contributed by atoms with E-state index in [1.165, 1.54) is 260 Å². The van der Waals surface area contributed by atoms with Gasteiger partial charge in [0.2, 0.25) is 0 Å². The molecule has 0 saturated heterocycles. The van der Waals surface area contributed by atoms with Crippen LogP contribution in [0.1, 0.15) is 237 Å². The fraction of sp³-hybridized carbons (Fsp3) is 0.223. The van der Waals surface area contributed by atoms with Gasteiger partial charge in [-0.15, -0.1) is 0 Å². The summed E-state index contributed by atoms with van der Waals surface area (Å²) in [5.74, 6) is 0. The fourth-order valence-corrected chi connectivity index (χ4v) is 24.0. The van der Waals surface area contributed by atoms with Crippen molar-refractivity contribution in [1.82, 2.24) is 0 Å². The number of benzene rings is 18. The van der Waals surface area contributed by atoms with Gasteiger partial charge in [-0.25, -0.2) is 0 Å². The molecule has 710 valence electrons. The summed E-state index contributed by atoms with van der Waals surface area (Å²) < 4.78 is 0. The van der Waals surface area contributed by atoms with E-state index < -0.39 is 10.8 Å². The van der Waals surface area contributed by atoms with Crippen LogP contribution in [-0.4, -0.2) is 0 Å². The van der Waals surface area contributed by atoms with E-state index >= 15 is 0 Å². The smallest absolute Gasteiger partial charge is 0.0742 e. The van der Waals surface area contributed by atoms with Crippen molar-refractivity contribution in [2.45, 2.75) is 204 Å². The van der Waals surface area contributed by atoms with E-state index in [0.29, 0.717) is 0 Å². The van der Waals surface area contributed by atoms with Crippen molar-refractivity contribution in [2.75, 3.05) is 19.6 Å². The van der Waals surface area contributed by atoms with Crippen LogP contribution in [0.2, 0.25) is 0 Å². The molecule has 4 nitrogen and oxygen atoms in total. The summed E-state index contributed by atoms with van der Waals surface area (Å²) in [5.41, 5.74) is 57.1. The van der Waals surface area contributed by atoms with Gasteiger partial charge in [0.05, 0.1) is 33.6 Å². The predicted molar refractivity (Wildman–Crippen MR) is 609 cm³/mol. The lowest BCUT2D eigenvalue weighted by Crippen LogP contribution is -2.38. The number of anilines is 12. The Bertz CT molecular complexity index is 7220. The van der Waals surface area contributed by atoms with Crippen LogP contribution < -0.4 is 19.6 Å².